The lowest BCUT2D eigenvalue weighted by Gasteiger charge is -2.42. The van der Waals surface area contributed by atoms with Crippen molar-refractivity contribution in [2.75, 3.05) is 39.3 Å². The standard InChI is InChI=1S/C19H30N2O/c22-16-19(14-17-4-2-1-3-5-17)8-12-21(13-9-19)15-18-6-10-20-11-7-18/h1-5,18,20,22H,6-16H2. The molecule has 2 N–H and O–H groups in total. The van der Waals surface area contributed by atoms with E-state index in [-0.39, 0.29) is 5.41 Å². The molecule has 2 aliphatic rings. The van der Waals surface area contributed by atoms with Crippen molar-refractivity contribution in [2.45, 2.75) is 32.1 Å². The van der Waals surface area contributed by atoms with Crippen LogP contribution in [0, 0.1) is 11.3 Å². The number of nitrogens with zero attached hydrogens (tertiary/aromatic N) is 1. The molecule has 1 aromatic rings. The molecule has 1 aromatic carbocycles. The van der Waals surface area contributed by atoms with Crippen LogP contribution in [0.25, 0.3) is 0 Å². The zero-order valence-corrected chi connectivity index (χ0v) is 13.6. The molecule has 0 amide bonds. The molecule has 3 rings (SSSR count). The number of piperidine rings is 2. The van der Waals surface area contributed by atoms with Crippen LogP contribution in [0.15, 0.2) is 30.3 Å². The molecule has 2 fully saturated rings. The minimum Gasteiger partial charge on any atom is -0.396 e. The first-order valence-corrected chi connectivity index (χ1v) is 8.88. The molecular formula is C19H30N2O. The van der Waals surface area contributed by atoms with Crippen LogP contribution in [0.3, 0.4) is 0 Å². The van der Waals surface area contributed by atoms with Crippen LogP contribution >= 0.6 is 0 Å². The largest absolute Gasteiger partial charge is 0.396 e. The molecule has 0 spiro atoms. The summed E-state index contributed by atoms with van der Waals surface area (Å²) >= 11 is 0. The average Bonchev–Trinajstić information content (AvgIpc) is 2.59. The number of rotatable bonds is 5. The molecule has 2 heterocycles. The van der Waals surface area contributed by atoms with E-state index < -0.39 is 0 Å². The Morgan fingerprint density at radius 2 is 1.77 bits per heavy atom. The topological polar surface area (TPSA) is 35.5 Å². The van der Waals surface area contributed by atoms with Gasteiger partial charge in [-0.2, -0.15) is 0 Å². The van der Waals surface area contributed by atoms with Crippen molar-refractivity contribution < 1.29 is 5.11 Å². The van der Waals surface area contributed by atoms with E-state index in [0.29, 0.717) is 6.61 Å². The summed E-state index contributed by atoms with van der Waals surface area (Å²) in [5.41, 5.74) is 1.47. The number of hydrogen-bond donors (Lipinski definition) is 2. The van der Waals surface area contributed by atoms with Gasteiger partial charge in [0.15, 0.2) is 0 Å². The minimum atomic E-state index is 0.103. The summed E-state index contributed by atoms with van der Waals surface area (Å²) in [4.78, 5) is 2.63. The molecule has 0 saturated carbocycles. The van der Waals surface area contributed by atoms with E-state index in [1.54, 1.807) is 0 Å². The normalized spacial score (nSPS) is 23.5. The van der Waals surface area contributed by atoms with Gasteiger partial charge in [-0.15, -0.1) is 0 Å². The predicted molar refractivity (Wildman–Crippen MR) is 90.9 cm³/mol. The highest BCUT2D eigenvalue weighted by Crippen LogP contribution is 2.35. The van der Waals surface area contributed by atoms with Gasteiger partial charge in [0.25, 0.3) is 0 Å². The molecule has 0 radical (unpaired) electrons. The highest BCUT2D eigenvalue weighted by molar-refractivity contribution is 5.17. The molecule has 3 nitrogen and oxygen atoms in total. The molecule has 2 saturated heterocycles. The number of aliphatic hydroxyl groups is 1. The Labute approximate surface area is 134 Å². The Morgan fingerprint density at radius 3 is 2.41 bits per heavy atom. The zero-order chi connectivity index (χ0) is 15.3. The maximum absolute atomic E-state index is 9.98. The van der Waals surface area contributed by atoms with E-state index in [2.05, 4.69) is 40.5 Å². The molecule has 0 bridgehead atoms. The molecule has 3 heteroatoms. The van der Waals surface area contributed by atoms with Crippen LogP contribution < -0.4 is 5.32 Å². The minimum absolute atomic E-state index is 0.103. The van der Waals surface area contributed by atoms with Crippen molar-refractivity contribution in [2.24, 2.45) is 11.3 Å². The monoisotopic (exact) mass is 302 g/mol. The second kappa shape index (κ2) is 7.58. The van der Waals surface area contributed by atoms with Crippen LogP contribution in [0.2, 0.25) is 0 Å². The van der Waals surface area contributed by atoms with Crippen molar-refractivity contribution in [3.05, 3.63) is 35.9 Å². The van der Waals surface area contributed by atoms with Crippen molar-refractivity contribution in [3.63, 3.8) is 0 Å². The zero-order valence-electron chi connectivity index (χ0n) is 13.6. The molecule has 0 unspecified atom stereocenters. The first-order valence-electron chi connectivity index (χ1n) is 8.88. The molecule has 122 valence electrons. The van der Waals surface area contributed by atoms with Gasteiger partial charge in [-0.05, 0) is 75.2 Å². The van der Waals surface area contributed by atoms with Gasteiger partial charge in [0.1, 0.15) is 0 Å². The third-order valence-corrected chi connectivity index (χ3v) is 5.65. The van der Waals surface area contributed by atoms with Gasteiger partial charge >= 0.3 is 0 Å². The molecule has 22 heavy (non-hydrogen) atoms. The quantitative estimate of drug-likeness (QED) is 0.876. The summed E-state index contributed by atoms with van der Waals surface area (Å²) in [6, 6.07) is 10.7. The fraction of sp³-hybridized carbons (Fsp3) is 0.684. The summed E-state index contributed by atoms with van der Waals surface area (Å²) in [6.07, 6.45) is 5.93. The molecule has 0 aliphatic carbocycles. The van der Waals surface area contributed by atoms with Crippen LogP contribution in [0.4, 0.5) is 0 Å². The Kier molecular flexibility index (Phi) is 5.51. The smallest absolute Gasteiger partial charge is 0.0491 e. The van der Waals surface area contributed by atoms with Gasteiger partial charge in [-0.25, -0.2) is 0 Å². The molecule has 0 atom stereocenters. The van der Waals surface area contributed by atoms with E-state index >= 15 is 0 Å². The van der Waals surface area contributed by atoms with Crippen molar-refractivity contribution in [1.29, 1.82) is 0 Å². The van der Waals surface area contributed by atoms with Crippen LogP contribution in [-0.4, -0.2) is 49.3 Å². The van der Waals surface area contributed by atoms with Crippen LogP contribution in [-0.2, 0) is 6.42 Å². The highest BCUT2D eigenvalue weighted by atomic mass is 16.3. The lowest BCUT2D eigenvalue weighted by atomic mass is 9.74. The Hall–Kier alpha value is -0.900. The summed E-state index contributed by atoms with van der Waals surface area (Å²) in [5, 5.41) is 13.4. The molecule has 0 aromatic heterocycles. The maximum Gasteiger partial charge on any atom is 0.0491 e. The average molecular weight is 302 g/mol. The van der Waals surface area contributed by atoms with Gasteiger partial charge in [-0.3, -0.25) is 0 Å². The second-order valence-electron chi connectivity index (χ2n) is 7.31. The summed E-state index contributed by atoms with van der Waals surface area (Å²) in [7, 11) is 0. The lowest BCUT2D eigenvalue weighted by molar-refractivity contribution is 0.0366. The molecular weight excluding hydrogens is 272 g/mol. The number of likely N-dealkylation sites (tertiary alicyclic amines) is 1. The predicted octanol–water partition coefficient (Wildman–Crippen LogP) is 2.30. The summed E-state index contributed by atoms with van der Waals surface area (Å²) in [5.74, 6) is 0.872. The van der Waals surface area contributed by atoms with E-state index in [9.17, 15) is 5.11 Å². The third-order valence-electron chi connectivity index (χ3n) is 5.65. The fourth-order valence-corrected chi connectivity index (χ4v) is 4.06. The molecule has 2 aliphatic heterocycles. The van der Waals surface area contributed by atoms with Crippen LogP contribution in [0.5, 0.6) is 0 Å². The van der Waals surface area contributed by atoms with E-state index in [4.69, 9.17) is 0 Å². The van der Waals surface area contributed by atoms with Gasteiger partial charge in [-0.1, -0.05) is 30.3 Å². The third kappa shape index (κ3) is 4.09. The van der Waals surface area contributed by atoms with Gasteiger partial charge in [0, 0.05) is 13.2 Å². The summed E-state index contributed by atoms with van der Waals surface area (Å²) in [6.45, 7) is 6.26. The number of aliphatic hydroxyl groups excluding tert-OH is 1. The lowest BCUT2D eigenvalue weighted by Crippen LogP contribution is -2.45. The van der Waals surface area contributed by atoms with Gasteiger partial charge < -0.3 is 15.3 Å². The number of nitrogens with one attached hydrogen (secondary N) is 1. The van der Waals surface area contributed by atoms with Crippen molar-refractivity contribution >= 4 is 0 Å². The van der Waals surface area contributed by atoms with Gasteiger partial charge in [0.05, 0.1) is 0 Å². The van der Waals surface area contributed by atoms with E-state index in [0.717, 1.165) is 38.3 Å². The van der Waals surface area contributed by atoms with Crippen molar-refractivity contribution in [1.82, 2.24) is 10.2 Å². The Morgan fingerprint density at radius 1 is 1.09 bits per heavy atom. The van der Waals surface area contributed by atoms with Crippen LogP contribution in [0.1, 0.15) is 31.2 Å². The van der Waals surface area contributed by atoms with E-state index in [1.807, 2.05) is 0 Å². The SMILES string of the molecule is OCC1(Cc2ccccc2)CCN(CC2CCNCC2)CC1. The van der Waals surface area contributed by atoms with Crippen molar-refractivity contribution in [3.8, 4) is 0 Å². The van der Waals surface area contributed by atoms with Gasteiger partial charge in [0.2, 0.25) is 0 Å². The number of benzene rings is 1. The second-order valence-corrected chi connectivity index (χ2v) is 7.31. The maximum atomic E-state index is 9.98. The first-order chi connectivity index (χ1) is 10.8. The Bertz CT molecular complexity index is 434. The summed E-state index contributed by atoms with van der Waals surface area (Å²) < 4.78 is 0. The first kappa shape index (κ1) is 16.0. The van der Waals surface area contributed by atoms with E-state index in [1.165, 1.54) is 38.0 Å². The highest BCUT2D eigenvalue weighted by Gasteiger charge is 2.34. The Balaban J connectivity index is 1.52. The fourth-order valence-electron chi connectivity index (χ4n) is 4.06. The number of hydrogen-bond acceptors (Lipinski definition) is 3.